The van der Waals surface area contributed by atoms with Crippen LogP contribution in [0.2, 0.25) is 0 Å². The summed E-state index contributed by atoms with van der Waals surface area (Å²) in [7, 11) is 0. The minimum absolute atomic E-state index is 0.168. The van der Waals surface area contributed by atoms with E-state index in [1.165, 1.54) is 18.4 Å². The van der Waals surface area contributed by atoms with Crippen LogP contribution in [0, 0.1) is 11.7 Å². The number of halogens is 1. The third kappa shape index (κ3) is 3.09. The van der Waals surface area contributed by atoms with Crippen molar-refractivity contribution in [1.82, 2.24) is 4.90 Å². The first-order chi connectivity index (χ1) is 8.58. The molecule has 2 nitrogen and oxygen atoms in total. The van der Waals surface area contributed by atoms with Gasteiger partial charge in [-0.3, -0.25) is 4.90 Å². The fourth-order valence-electron chi connectivity index (χ4n) is 2.77. The topological polar surface area (TPSA) is 29.3 Å². The number of likely N-dealkylation sites (tertiary alicyclic amines) is 1. The summed E-state index contributed by atoms with van der Waals surface area (Å²) in [5.41, 5.74) is 7.19. The van der Waals surface area contributed by atoms with E-state index in [4.69, 9.17) is 5.73 Å². The second-order valence-corrected chi connectivity index (χ2v) is 5.48. The molecule has 2 rings (SSSR count). The standard InChI is InChI=1S/C15H23FN2/c1-11(17)14-4-3-9-18(10-14)12(2)13-5-7-15(16)8-6-13/h5-8,11-12,14H,3-4,9-10,17H2,1-2H3. The molecule has 1 heterocycles. The molecule has 0 aliphatic carbocycles. The number of hydrogen-bond donors (Lipinski definition) is 1. The van der Waals surface area contributed by atoms with E-state index in [1.807, 2.05) is 12.1 Å². The van der Waals surface area contributed by atoms with E-state index < -0.39 is 0 Å². The third-order valence-corrected chi connectivity index (χ3v) is 4.13. The van der Waals surface area contributed by atoms with Gasteiger partial charge in [0, 0.05) is 18.6 Å². The Hall–Kier alpha value is -0.930. The van der Waals surface area contributed by atoms with Crippen LogP contribution in [0.4, 0.5) is 4.39 Å². The molecular weight excluding hydrogens is 227 g/mol. The highest BCUT2D eigenvalue weighted by atomic mass is 19.1. The van der Waals surface area contributed by atoms with Gasteiger partial charge in [-0.1, -0.05) is 12.1 Å². The zero-order chi connectivity index (χ0) is 13.1. The van der Waals surface area contributed by atoms with Crippen LogP contribution in [0.25, 0.3) is 0 Å². The van der Waals surface area contributed by atoms with E-state index >= 15 is 0 Å². The van der Waals surface area contributed by atoms with Crippen LogP contribution in [0.1, 0.15) is 38.3 Å². The van der Waals surface area contributed by atoms with Crippen LogP contribution in [0.15, 0.2) is 24.3 Å². The molecule has 0 aromatic heterocycles. The molecule has 0 saturated carbocycles. The molecule has 3 unspecified atom stereocenters. The number of hydrogen-bond acceptors (Lipinski definition) is 2. The molecule has 0 radical (unpaired) electrons. The van der Waals surface area contributed by atoms with Gasteiger partial charge in [0.05, 0.1) is 0 Å². The predicted molar refractivity (Wildman–Crippen MR) is 72.8 cm³/mol. The summed E-state index contributed by atoms with van der Waals surface area (Å²) in [4.78, 5) is 2.46. The van der Waals surface area contributed by atoms with Gasteiger partial charge >= 0.3 is 0 Å². The summed E-state index contributed by atoms with van der Waals surface area (Å²) in [5, 5.41) is 0. The van der Waals surface area contributed by atoms with Gasteiger partial charge in [0.2, 0.25) is 0 Å². The van der Waals surface area contributed by atoms with Gasteiger partial charge in [-0.15, -0.1) is 0 Å². The fourth-order valence-corrected chi connectivity index (χ4v) is 2.77. The van der Waals surface area contributed by atoms with Gasteiger partial charge in [-0.2, -0.15) is 0 Å². The molecule has 1 fully saturated rings. The highest BCUT2D eigenvalue weighted by Crippen LogP contribution is 2.27. The van der Waals surface area contributed by atoms with Crippen molar-refractivity contribution in [2.24, 2.45) is 11.7 Å². The van der Waals surface area contributed by atoms with Gasteiger partial charge in [-0.05, 0) is 56.8 Å². The van der Waals surface area contributed by atoms with Crippen molar-refractivity contribution < 1.29 is 4.39 Å². The number of benzene rings is 1. The molecule has 1 aromatic carbocycles. The third-order valence-electron chi connectivity index (χ3n) is 4.13. The Morgan fingerprint density at radius 3 is 2.56 bits per heavy atom. The quantitative estimate of drug-likeness (QED) is 0.893. The van der Waals surface area contributed by atoms with E-state index in [0.717, 1.165) is 13.1 Å². The molecule has 3 heteroatoms. The van der Waals surface area contributed by atoms with Gasteiger partial charge in [0.1, 0.15) is 5.82 Å². The first-order valence-corrected chi connectivity index (χ1v) is 6.83. The van der Waals surface area contributed by atoms with Crippen LogP contribution >= 0.6 is 0 Å². The average molecular weight is 250 g/mol. The molecule has 100 valence electrons. The normalized spacial score (nSPS) is 24.8. The number of nitrogens with zero attached hydrogens (tertiary/aromatic N) is 1. The minimum Gasteiger partial charge on any atom is -0.328 e. The Bertz CT molecular complexity index is 375. The van der Waals surface area contributed by atoms with Crippen molar-refractivity contribution in [3.8, 4) is 0 Å². The van der Waals surface area contributed by atoms with E-state index in [9.17, 15) is 4.39 Å². The van der Waals surface area contributed by atoms with Gasteiger partial charge in [0.25, 0.3) is 0 Å². The first kappa shape index (κ1) is 13.5. The van der Waals surface area contributed by atoms with Crippen LogP contribution in [-0.2, 0) is 0 Å². The summed E-state index contributed by atoms with van der Waals surface area (Å²) in [6, 6.07) is 7.45. The number of nitrogens with two attached hydrogens (primary N) is 1. The lowest BCUT2D eigenvalue weighted by Gasteiger charge is -2.38. The predicted octanol–water partition coefficient (Wildman–Crippen LogP) is 2.95. The lowest BCUT2D eigenvalue weighted by atomic mass is 9.90. The smallest absolute Gasteiger partial charge is 0.123 e. The lowest BCUT2D eigenvalue weighted by molar-refractivity contribution is 0.121. The van der Waals surface area contributed by atoms with Crippen LogP contribution < -0.4 is 5.73 Å². The summed E-state index contributed by atoms with van der Waals surface area (Å²) >= 11 is 0. The van der Waals surface area contributed by atoms with E-state index in [2.05, 4.69) is 18.7 Å². The van der Waals surface area contributed by atoms with Crippen molar-refractivity contribution in [1.29, 1.82) is 0 Å². The zero-order valence-electron chi connectivity index (χ0n) is 11.3. The molecule has 0 amide bonds. The molecule has 1 aliphatic heterocycles. The Morgan fingerprint density at radius 1 is 1.28 bits per heavy atom. The molecule has 1 aromatic rings. The van der Waals surface area contributed by atoms with Crippen molar-refractivity contribution >= 4 is 0 Å². The Kier molecular flexibility index (Phi) is 4.36. The summed E-state index contributed by atoms with van der Waals surface area (Å²) in [6.45, 7) is 6.45. The molecule has 0 spiro atoms. The van der Waals surface area contributed by atoms with E-state index in [0.29, 0.717) is 12.0 Å². The number of piperidine rings is 1. The first-order valence-electron chi connectivity index (χ1n) is 6.83. The summed E-state index contributed by atoms with van der Waals surface area (Å²) in [5.74, 6) is 0.416. The van der Waals surface area contributed by atoms with E-state index in [1.54, 1.807) is 12.1 Å². The molecule has 3 atom stereocenters. The van der Waals surface area contributed by atoms with Gasteiger partial charge in [0.15, 0.2) is 0 Å². The summed E-state index contributed by atoms with van der Waals surface area (Å²) in [6.07, 6.45) is 2.43. The maximum Gasteiger partial charge on any atom is 0.123 e. The van der Waals surface area contributed by atoms with Gasteiger partial charge in [-0.25, -0.2) is 4.39 Å². The second-order valence-electron chi connectivity index (χ2n) is 5.48. The molecule has 0 bridgehead atoms. The Balaban J connectivity index is 2.04. The van der Waals surface area contributed by atoms with Crippen LogP contribution in [0.3, 0.4) is 0 Å². The number of rotatable bonds is 3. The van der Waals surface area contributed by atoms with Crippen LogP contribution in [0.5, 0.6) is 0 Å². The monoisotopic (exact) mass is 250 g/mol. The van der Waals surface area contributed by atoms with Gasteiger partial charge < -0.3 is 5.73 Å². The SMILES string of the molecule is CC(N)C1CCCN(C(C)c2ccc(F)cc2)C1. The largest absolute Gasteiger partial charge is 0.328 e. The zero-order valence-corrected chi connectivity index (χ0v) is 11.3. The van der Waals surface area contributed by atoms with Crippen molar-refractivity contribution in [3.05, 3.63) is 35.6 Å². The van der Waals surface area contributed by atoms with Crippen LogP contribution in [-0.4, -0.2) is 24.0 Å². The highest BCUT2D eigenvalue weighted by Gasteiger charge is 2.26. The highest BCUT2D eigenvalue weighted by molar-refractivity contribution is 5.19. The van der Waals surface area contributed by atoms with Crippen molar-refractivity contribution in [3.63, 3.8) is 0 Å². The molecular formula is C15H23FN2. The molecule has 18 heavy (non-hydrogen) atoms. The summed E-state index contributed by atoms with van der Waals surface area (Å²) < 4.78 is 12.9. The fraction of sp³-hybridized carbons (Fsp3) is 0.600. The molecule has 1 aliphatic rings. The minimum atomic E-state index is -0.168. The van der Waals surface area contributed by atoms with Crippen molar-refractivity contribution in [2.45, 2.75) is 38.8 Å². The molecule has 2 N–H and O–H groups in total. The Labute approximate surface area is 109 Å². The maximum absolute atomic E-state index is 12.9. The average Bonchev–Trinajstić information content (AvgIpc) is 2.39. The van der Waals surface area contributed by atoms with Crippen molar-refractivity contribution in [2.75, 3.05) is 13.1 Å². The Morgan fingerprint density at radius 2 is 1.94 bits per heavy atom. The maximum atomic E-state index is 12.9. The lowest BCUT2D eigenvalue weighted by Crippen LogP contribution is -2.43. The molecule has 1 saturated heterocycles. The second kappa shape index (κ2) is 5.81. The van der Waals surface area contributed by atoms with E-state index in [-0.39, 0.29) is 11.9 Å².